The van der Waals surface area contributed by atoms with E-state index in [1.807, 2.05) is 0 Å². The van der Waals surface area contributed by atoms with Crippen LogP contribution in [-0.4, -0.2) is 16.2 Å². The van der Waals surface area contributed by atoms with Crippen molar-refractivity contribution in [2.45, 2.75) is 6.42 Å². The highest BCUT2D eigenvalue weighted by molar-refractivity contribution is 5.70. The molecule has 16 heavy (non-hydrogen) atoms. The first-order valence-corrected chi connectivity index (χ1v) is 4.58. The Morgan fingerprint density at radius 1 is 1.38 bits per heavy atom. The number of hydrogen-bond acceptors (Lipinski definition) is 3. The third-order valence-corrected chi connectivity index (χ3v) is 2.02. The van der Waals surface area contributed by atoms with Gasteiger partial charge < -0.3 is 9.63 Å². The Labute approximate surface area is 90.3 Å². The topological polar surface area (TPSA) is 63.3 Å². The third-order valence-electron chi connectivity index (χ3n) is 2.02. The smallest absolute Gasteiger partial charge is 0.309 e. The van der Waals surface area contributed by atoms with Crippen LogP contribution in [0.15, 0.2) is 34.9 Å². The summed E-state index contributed by atoms with van der Waals surface area (Å²) in [4.78, 5) is 10.4. The van der Waals surface area contributed by atoms with Crippen LogP contribution in [0.3, 0.4) is 0 Å². The largest absolute Gasteiger partial charge is 0.481 e. The summed E-state index contributed by atoms with van der Waals surface area (Å²) in [6, 6.07) is 7.21. The average Bonchev–Trinajstić information content (AvgIpc) is 2.66. The van der Waals surface area contributed by atoms with Crippen molar-refractivity contribution in [3.05, 3.63) is 41.8 Å². The molecular formula is C11H8FNO3. The zero-order valence-corrected chi connectivity index (χ0v) is 8.18. The van der Waals surface area contributed by atoms with E-state index in [4.69, 9.17) is 9.63 Å². The van der Waals surface area contributed by atoms with Gasteiger partial charge in [-0.2, -0.15) is 0 Å². The standard InChI is InChI=1S/C11H8FNO3/c12-8-3-1-7(2-4-8)10-5-9(13-16-10)6-11(14)15/h1-5H,6H2,(H,14,15). The van der Waals surface area contributed by atoms with Gasteiger partial charge in [0.05, 0.1) is 12.1 Å². The first-order chi connectivity index (χ1) is 7.65. The molecule has 1 heterocycles. The highest BCUT2D eigenvalue weighted by atomic mass is 19.1. The molecule has 0 atom stereocenters. The molecule has 2 aromatic rings. The van der Waals surface area contributed by atoms with Gasteiger partial charge in [-0.3, -0.25) is 4.79 Å². The minimum absolute atomic E-state index is 0.190. The highest BCUT2D eigenvalue weighted by Crippen LogP contribution is 2.20. The fourth-order valence-corrected chi connectivity index (χ4v) is 1.30. The molecule has 0 aliphatic rings. The monoisotopic (exact) mass is 221 g/mol. The molecule has 0 bridgehead atoms. The Bertz CT molecular complexity index is 504. The maximum absolute atomic E-state index is 12.7. The van der Waals surface area contributed by atoms with E-state index in [1.54, 1.807) is 12.1 Å². The van der Waals surface area contributed by atoms with Crippen LogP contribution in [0.4, 0.5) is 4.39 Å². The van der Waals surface area contributed by atoms with Gasteiger partial charge >= 0.3 is 5.97 Å². The lowest BCUT2D eigenvalue weighted by Gasteiger charge is -1.93. The number of aromatic nitrogens is 1. The Hall–Kier alpha value is -2.17. The molecule has 4 nitrogen and oxygen atoms in total. The van der Waals surface area contributed by atoms with Crippen molar-refractivity contribution in [2.75, 3.05) is 0 Å². The summed E-state index contributed by atoms with van der Waals surface area (Å²) in [6.07, 6.45) is -0.190. The highest BCUT2D eigenvalue weighted by Gasteiger charge is 2.09. The summed E-state index contributed by atoms with van der Waals surface area (Å²) >= 11 is 0. The number of aliphatic carboxylic acids is 1. The molecule has 0 spiro atoms. The van der Waals surface area contributed by atoms with Crippen molar-refractivity contribution >= 4 is 5.97 Å². The van der Waals surface area contributed by atoms with E-state index in [2.05, 4.69) is 5.16 Å². The van der Waals surface area contributed by atoms with Gasteiger partial charge in [0.25, 0.3) is 0 Å². The molecule has 0 saturated carbocycles. The van der Waals surface area contributed by atoms with E-state index >= 15 is 0 Å². The molecule has 0 radical (unpaired) electrons. The summed E-state index contributed by atoms with van der Waals surface area (Å²) in [7, 11) is 0. The maximum atomic E-state index is 12.7. The van der Waals surface area contributed by atoms with Gasteiger partial charge in [0, 0.05) is 11.6 Å². The minimum atomic E-state index is -0.973. The molecule has 0 amide bonds. The molecule has 0 saturated heterocycles. The summed E-state index contributed by atoms with van der Waals surface area (Å²) < 4.78 is 17.6. The molecule has 0 unspecified atom stereocenters. The van der Waals surface area contributed by atoms with Crippen LogP contribution in [-0.2, 0) is 11.2 Å². The van der Waals surface area contributed by atoms with Gasteiger partial charge in [-0.1, -0.05) is 5.16 Å². The van der Waals surface area contributed by atoms with Crippen LogP contribution >= 0.6 is 0 Å². The summed E-state index contributed by atoms with van der Waals surface area (Å²) in [5.41, 5.74) is 0.998. The summed E-state index contributed by atoms with van der Waals surface area (Å²) in [5.74, 6) is -0.885. The van der Waals surface area contributed by atoms with Crippen molar-refractivity contribution in [1.29, 1.82) is 0 Å². The van der Waals surface area contributed by atoms with Crippen LogP contribution in [0.25, 0.3) is 11.3 Å². The van der Waals surface area contributed by atoms with Crippen molar-refractivity contribution in [1.82, 2.24) is 5.16 Å². The predicted molar refractivity (Wildman–Crippen MR) is 53.2 cm³/mol. The van der Waals surface area contributed by atoms with Crippen molar-refractivity contribution < 1.29 is 18.8 Å². The number of carboxylic acids is 1. The Morgan fingerprint density at radius 2 is 2.06 bits per heavy atom. The Morgan fingerprint density at radius 3 is 2.69 bits per heavy atom. The van der Waals surface area contributed by atoms with Gasteiger partial charge in [0.2, 0.25) is 0 Å². The molecule has 82 valence electrons. The van der Waals surface area contributed by atoms with Crippen molar-refractivity contribution in [2.24, 2.45) is 0 Å². The van der Waals surface area contributed by atoms with Crippen molar-refractivity contribution in [3.8, 4) is 11.3 Å². The first-order valence-electron chi connectivity index (χ1n) is 4.58. The molecule has 1 aromatic heterocycles. The van der Waals surface area contributed by atoms with E-state index in [-0.39, 0.29) is 12.2 Å². The number of carbonyl (C=O) groups is 1. The molecule has 5 heteroatoms. The molecule has 0 aliphatic heterocycles. The maximum Gasteiger partial charge on any atom is 0.309 e. The van der Waals surface area contributed by atoms with E-state index < -0.39 is 5.97 Å². The van der Waals surface area contributed by atoms with Crippen LogP contribution in [0, 0.1) is 5.82 Å². The number of hydrogen-bond donors (Lipinski definition) is 1. The number of benzene rings is 1. The second-order valence-electron chi connectivity index (χ2n) is 3.26. The molecule has 0 aliphatic carbocycles. The first kappa shape index (κ1) is 10.4. The fraction of sp³-hybridized carbons (Fsp3) is 0.0909. The van der Waals surface area contributed by atoms with E-state index in [9.17, 15) is 9.18 Å². The van der Waals surface area contributed by atoms with Crippen molar-refractivity contribution in [3.63, 3.8) is 0 Å². The fourth-order valence-electron chi connectivity index (χ4n) is 1.30. The third kappa shape index (κ3) is 2.25. The van der Waals surface area contributed by atoms with Crippen LogP contribution in [0.5, 0.6) is 0 Å². The summed E-state index contributed by atoms with van der Waals surface area (Å²) in [5, 5.41) is 12.2. The molecule has 0 fully saturated rings. The van der Waals surface area contributed by atoms with Gasteiger partial charge in [-0.05, 0) is 24.3 Å². The molecular weight excluding hydrogens is 213 g/mol. The number of rotatable bonds is 3. The van der Waals surface area contributed by atoms with Crippen LogP contribution in [0.1, 0.15) is 5.69 Å². The zero-order valence-electron chi connectivity index (χ0n) is 8.18. The van der Waals surface area contributed by atoms with Crippen LogP contribution in [0.2, 0.25) is 0 Å². The lowest BCUT2D eigenvalue weighted by atomic mass is 10.1. The molecule has 1 N–H and O–H groups in total. The van der Waals surface area contributed by atoms with Gasteiger partial charge in [-0.25, -0.2) is 4.39 Å². The average molecular weight is 221 g/mol. The molecule has 2 rings (SSSR count). The number of nitrogens with zero attached hydrogens (tertiary/aromatic N) is 1. The van der Waals surface area contributed by atoms with Gasteiger partial charge in [0.1, 0.15) is 5.82 Å². The SMILES string of the molecule is O=C(O)Cc1cc(-c2ccc(F)cc2)on1. The normalized spacial score (nSPS) is 10.3. The van der Waals surface area contributed by atoms with E-state index in [0.717, 1.165) is 0 Å². The van der Waals surface area contributed by atoms with E-state index in [0.29, 0.717) is 17.0 Å². The quantitative estimate of drug-likeness (QED) is 0.862. The molecule has 1 aromatic carbocycles. The lowest BCUT2D eigenvalue weighted by molar-refractivity contribution is -0.136. The number of halogens is 1. The van der Waals surface area contributed by atoms with Crippen LogP contribution < -0.4 is 0 Å². The number of carboxylic acid groups (broad SMARTS) is 1. The second-order valence-corrected chi connectivity index (χ2v) is 3.26. The second kappa shape index (κ2) is 4.14. The van der Waals surface area contributed by atoms with Gasteiger partial charge in [-0.15, -0.1) is 0 Å². The van der Waals surface area contributed by atoms with E-state index in [1.165, 1.54) is 18.2 Å². The predicted octanol–water partition coefficient (Wildman–Crippen LogP) is 2.11. The van der Waals surface area contributed by atoms with Gasteiger partial charge in [0.15, 0.2) is 5.76 Å². The Kier molecular flexibility index (Phi) is 2.68. The lowest BCUT2D eigenvalue weighted by Crippen LogP contribution is -1.99. The Balaban J connectivity index is 2.24. The summed E-state index contributed by atoms with van der Waals surface area (Å²) in [6.45, 7) is 0. The zero-order chi connectivity index (χ0) is 11.5. The minimum Gasteiger partial charge on any atom is -0.481 e.